The number of rotatable bonds is 9. The van der Waals surface area contributed by atoms with E-state index < -0.39 is 0 Å². The topological polar surface area (TPSA) is 92.4 Å². The average Bonchev–Trinajstić information content (AvgIpc) is 3.24. The van der Waals surface area contributed by atoms with Gasteiger partial charge in [-0.2, -0.15) is 0 Å². The second-order valence-corrected chi connectivity index (χ2v) is 7.98. The van der Waals surface area contributed by atoms with Crippen molar-refractivity contribution in [1.82, 2.24) is 15.6 Å². The minimum absolute atomic E-state index is 0.0386. The Kier molecular flexibility index (Phi) is 7.84. The molecule has 156 valence electrons. The Morgan fingerprint density at radius 1 is 1.20 bits per heavy atom. The van der Waals surface area contributed by atoms with Gasteiger partial charge in [-0.05, 0) is 17.0 Å². The molecule has 30 heavy (non-hydrogen) atoms. The molecule has 1 aromatic heterocycles. The second kappa shape index (κ2) is 10.8. The Labute approximate surface area is 181 Å². The zero-order chi connectivity index (χ0) is 21.3. The van der Waals surface area contributed by atoms with E-state index in [4.69, 9.17) is 5.73 Å². The molecular formula is C23H27N5OS. The van der Waals surface area contributed by atoms with Crippen LogP contribution >= 0.6 is 11.3 Å². The van der Waals surface area contributed by atoms with E-state index in [1.807, 2.05) is 47.8 Å². The van der Waals surface area contributed by atoms with E-state index >= 15 is 0 Å². The van der Waals surface area contributed by atoms with E-state index in [1.54, 1.807) is 6.21 Å². The number of nitrogens with one attached hydrogen (secondary N) is 2. The molecular weight excluding hydrogens is 394 g/mol. The van der Waals surface area contributed by atoms with Gasteiger partial charge in [0.25, 0.3) is 0 Å². The van der Waals surface area contributed by atoms with Crippen LogP contribution < -0.4 is 16.4 Å². The molecule has 1 amide bonds. The number of carbonyl (C=O) groups is 1. The summed E-state index contributed by atoms with van der Waals surface area (Å²) in [5, 5.41) is 8.73. The van der Waals surface area contributed by atoms with Crippen LogP contribution in [0, 0.1) is 0 Å². The van der Waals surface area contributed by atoms with Crippen molar-refractivity contribution in [2.75, 3.05) is 6.54 Å². The molecule has 0 saturated heterocycles. The SMILES string of the molecule is CC(=O)NCc1ccc(-c2csc(N=CC(N)NCC(C)c3ccccc3)n2)cc1. The lowest BCUT2D eigenvalue weighted by atomic mass is 10.0. The normalized spacial score (nSPS) is 13.3. The maximum Gasteiger partial charge on any atom is 0.217 e. The lowest BCUT2D eigenvalue weighted by Gasteiger charge is -2.15. The molecule has 0 spiro atoms. The van der Waals surface area contributed by atoms with E-state index in [0.29, 0.717) is 17.6 Å². The standard InChI is InChI=1S/C23H27N5OS/c1-16(19-6-4-3-5-7-19)12-26-22(24)14-27-23-28-21(15-30-23)20-10-8-18(9-11-20)13-25-17(2)29/h3-11,14-16,22,26H,12-13,24H2,1-2H3,(H,25,29). The smallest absolute Gasteiger partial charge is 0.217 e. The van der Waals surface area contributed by atoms with Crippen molar-refractivity contribution < 1.29 is 4.79 Å². The first kappa shape index (κ1) is 21.8. The third-order valence-electron chi connectivity index (χ3n) is 4.66. The highest BCUT2D eigenvalue weighted by atomic mass is 32.1. The van der Waals surface area contributed by atoms with E-state index in [0.717, 1.165) is 23.4 Å². The number of thiazole rings is 1. The molecule has 3 aromatic rings. The summed E-state index contributed by atoms with van der Waals surface area (Å²) in [5.74, 6) is 0.328. The number of benzene rings is 2. The number of nitrogens with zero attached hydrogens (tertiary/aromatic N) is 2. The molecule has 0 aliphatic rings. The predicted molar refractivity (Wildman–Crippen MR) is 124 cm³/mol. The minimum atomic E-state index is -0.337. The first-order valence-corrected chi connectivity index (χ1v) is 10.8. The van der Waals surface area contributed by atoms with Crippen LogP contribution in [-0.4, -0.2) is 29.8 Å². The first-order chi connectivity index (χ1) is 14.5. The van der Waals surface area contributed by atoms with Gasteiger partial charge in [-0.25, -0.2) is 9.98 Å². The largest absolute Gasteiger partial charge is 0.352 e. The highest BCUT2D eigenvalue weighted by Crippen LogP contribution is 2.26. The lowest BCUT2D eigenvalue weighted by Crippen LogP contribution is -2.40. The van der Waals surface area contributed by atoms with E-state index in [1.165, 1.54) is 23.8 Å². The van der Waals surface area contributed by atoms with Crippen molar-refractivity contribution in [2.24, 2.45) is 10.7 Å². The Hall–Kier alpha value is -2.87. The molecule has 6 nitrogen and oxygen atoms in total. The predicted octanol–water partition coefficient (Wildman–Crippen LogP) is 3.83. The summed E-state index contributed by atoms with van der Waals surface area (Å²) in [6, 6.07) is 18.3. The highest BCUT2D eigenvalue weighted by Gasteiger charge is 2.07. The highest BCUT2D eigenvalue weighted by molar-refractivity contribution is 7.13. The third-order valence-corrected chi connectivity index (χ3v) is 5.41. The molecule has 3 rings (SSSR count). The van der Waals surface area contributed by atoms with Crippen molar-refractivity contribution in [3.05, 3.63) is 71.1 Å². The maximum atomic E-state index is 11.0. The summed E-state index contributed by atoms with van der Waals surface area (Å²) in [7, 11) is 0. The summed E-state index contributed by atoms with van der Waals surface area (Å²) < 4.78 is 0. The van der Waals surface area contributed by atoms with Crippen molar-refractivity contribution in [1.29, 1.82) is 0 Å². The molecule has 2 atom stereocenters. The van der Waals surface area contributed by atoms with Crippen LogP contribution in [0.5, 0.6) is 0 Å². The van der Waals surface area contributed by atoms with Crippen LogP contribution in [0.3, 0.4) is 0 Å². The van der Waals surface area contributed by atoms with Crippen LogP contribution in [0.15, 0.2) is 65.0 Å². The number of aromatic nitrogens is 1. The van der Waals surface area contributed by atoms with Crippen molar-refractivity contribution in [2.45, 2.75) is 32.5 Å². The molecule has 0 fully saturated rings. The molecule has 2 aromatic carbocycles. The number of aliphatic imine (C=N–C) groups is 1. The van der Waals surface area contributed by atoms with Crippen molar-refractivity contribution in [3.63, 3.8) is 0 Å². The quantitative estimate of drug-likeness (QED) is 0.362. The molecule has 7 heteroatoms. The van der Waals surface area contributed by atoms with Gasteiger partial charge in [-0.1, -0.05) is 61.5 Å². The fraction of sp³-hybridized carbons (Fsp3) is 0.261. The van der Waals surface area contributed by atoms with Gasteiger partial charge in [0.15, 0.2) is 0 Å². The van der Waals surface area contributed by atoms with Crippen LogP contribution in [0.4, 0.5) is 5.13 Å². The van der Waals surface area contributed by atoms with Gasteiger partial charge >= 0.3 is 0 Å². The van der Waals surface area contributed by atoms with Crippen LogP contribution in [0.1, 0.15) is 30.9 Å². The number of nitrogens with two attached hydrogens (primary N) is 1. The van der Waals surface area contributed by atoms with E-state index in [2.05, 4.69) is 39.7 Å². The molecule has 0 aliphatic heterocycles. The maximum absolute atomic E-state index is 11.0. The fourth-order valence-electron chi connectivity index (χ4n) is 2.89. The van der Waals surface area contributed by atoms with Crippen LogP contribution in [-0.2, 0) is 11.3 Å². The number of hydrogen-bond acceptors (Lipinski definition) is 6. The zero-order valence-corrected chi connectivity index (χ0v) is 18.0. The van der Waals surface area contributed by atoms with Gasteiger partial charge < -0.3 is 11.1 Å². The molecule has 1 heterocycles. The van der Waals surface area contributed by atoms with Gasteiger partial charge in [0.05, 0.1) is 11.9 Å². The molecule has 2 unspecified atom stereocenters. The average molecular weight is 422 g/mol. The van der Waals surface area contributed by atoms with Crippen molar-refractivity contribution in [3.8, 4) is 11.3 Å². The second-order valence-electron chi connectivity index (χ2n) is 7.15. The summed E-state index contributed by atoms with van der Waals surface area (Å²) in [5.41, 5.74) is 10.3. The van der Waals surface area contributed by atoms with Gasteiger partial charge in [-0.3, -0.25) is 10.1 Å². The Bertz CT molecular complexity index is 969. The summed E-state index contributed by atoms with van der Waals surface area (Å²) in [6.45, 7) is 4.97. The lowest BCUT2D eigenvalue weighted by molar-refractivity contribution is -0.119. The first-order valence-electron chi connectivity index (χ1n) is 9.88. The summed E-state index contributed by atoms with van der Waals surface area (Å²) in [6.07, 6.45) is 1.35. The number of carbonyl (C=O) groups excluding carboxylic acids is 1. The molecule has 0 bridgehead atoms. The summed E-state index contributed by atoms with van der Waals surface area (Å²) >= 11 is 1.48. The number of hydrogen-bond donors (Lipinski definition) is 3. The third kappa shape index (κ3) is 6.59. The monoisotopic (exact) mass is 421 g/mol. The van der Waals surface area contributed by atoms with Crippen molar-refractivity contribution >= 4 is 28.6 Å². The zero-order valence-electron chi connectivity index (χ0n) is 17.2. The fourth-order valence-corrected chi connectivity index (χ4v) is 3.56. The summed E-state index contributed by atoms with van der Waals surface area (Å²) in [4.78, 5) is 20.0. The van der Waals surface area contributed by atoms with Gasteiger partial charge in [0.1, 0.15) is 0 Å². The van der Waals surface area contributed by atoms with E-state index in [9.17, 15) is 4.79 Å². The molecule has 0 saturated carbocycles. The minimum Gasteiger partial charge on any atom is -0.352 e. The van der Waals surface area contributed by atoms with Gasteiger partial charge in [0, 0.05) is 37.2 Å². The molecule has 0 radical (unpaired) electrons. The van der Waals surface area contributed by atoms with Crippen LogP contribution in [0.2, 0.25) is 0 Å². The Morgan fingerprint density at radius 3 is 2.63 bits per heavy atom. The van der Waals surface area contributed by atoms with Gasteiger partial charge in [-0.15, -0.1) is 11.3 Å². The van der Waals surface area contributed by atoms with Crippen LogP contribution in [0.25, 0.3) is 11.3 Å². The van der Waals surface area contributed by atoms with E-state index in [-0.39, 0.29) is 12.1 Å². The Morgan fingerprint density at radius 2 is 1.93 bits per heavy atom. The molecule has 4 N–H and O–H groups in total. The Balaban J connectivity index is 1.51. The van der Waals surface area contributed by atoms with Gasteiger partial charge in [0.2, 0.25) is 11.0 Å². The molecule has 0 aliphatic carbocycles. The number of amides is 1.